The minimum absolute atomic E-state index is 0.157. The third-order valence-electron chi connectivity index (χ3n) is 3.41. The molecule has 1 fully saturated rings. The fourth-order valence-corrected chi connectivity index (χ4v) is 2.61. The Bertz CT molecular complexity index is 465. The van der Waals surface area contributed by atoms with E-state index in [1.54, 1.807) is 17.0 Å². The van der Waals surface area contributed by atoms with Crippen molar-refractivity contribution in [1.29, 1.82) is 0 Å². The quantitative estimate of drug-likeness (QED) is 0.882. The normalized spacial score (nSPS) is 19.5. The van der Waals surface area contributed by atoms with Gasteiger partial charge < -0.3 is 15.7 Å². The third kappa shape index (κ3) is 3.36. The molecule has 1 aromatic rings. The minimum Gasteiger partial charge on any atom is -0.396 e. The maximum absolute atomic E-state index is 12.4. The Balaban J connectivity index is 2.12. The number of hydrogen-bond acceptors (Lipinski definition) is 4. The molecule has 6 heteroatoms. The van der Waals surface area contributed by atoms with Gasteiger partial charge in [-0.15, -0.1) is 0 Å². The topological polar surface area (TPSA) is 79.5 Å². The van der Waals surface area contributed by atoms with Crippen LogP contribution in [0.2, 0.25) is 5.02 Å². The summed E-state index contributed by atoms with van der Waals surface area (Å²) >= 11 is 6.00. The molecule has 1 aliphatic heterocycles. The Morgan fingerprint density at radius 3 is 3.11 bits per heavy atom. The highest BCUT2D eigenvalue weighted by Crippen LogP contribution is 2.23. The van der Waals surface area contributed by atoms with Gasteiger partial charge in [-0.3, -0.25) is 4.79 Å². The monoisotopic (exact) mass is 283 g/mol. The van der Waals surface area contributed by atoms with Crippen LogP contribution in [0.1, 0.15) is 29.8 Å². The number of nitrogens with two attached hydrogens (primary N) is 1. The molecule has 3 N–H and O–H groups in total. The number of amides is 1. The average molecular weight is 284 g/mol. The van der Waals surface area contributed by atoms with Crippen molar-refractivity contribution < 1.29 is 9.90 Å². The van der Waals surface area contributed by atoms with E-state index in [9.17, 15) is 4.79 Å². The van der Waals surface area contributed by atoms with Crippen LogP contribution in [0.15, 0.2) is 12.1 Å². The van der Waals surface area contributed by atoms with E-state index in [4.69, 9.17) is 22.4 Å². The van der Waals surface area contributed by atoms with Crippen molar-refractivity contribution in [2.75, 3.05) is 25.4 Å². The number of rotatable bonds is 3. The van der Waals surface area contributed by atoms with Crippen LogP contribution >= 0.6 is 11.6 Å². The fourth-order valence-electron chi connectivity index (χ4n) is 2.42. The van der Waals surface area contributed by atoms with Gasteiger partial charge in [0.05, 0.1) is 5.02 Å². The number of anilines is 1. The second-order valence-electron chi connectivity index (χ2n) is 4.84. The summed E-state index contributed by atoms with van der Waals surface area (Å²) in [7, 11) is 0. The number of halogens is 1. The lowest BCUT2D eigenvalue weighted by atomic mass is 9.95. The van der Waals surface area contributed by atoms with E-state index in [1.807, 2.05) is 0 Å². The molecule has 1 aromatic heterocycles. The molecule has 0 bridgehead atoms. The number of pyridine rings is 1. The van der Waals surface area contributed by atoms with Crippen LogP contribution in [-0.2, 0) is 0 Å². The molecule has 0 saturated carbocycles. The molecule has 1 aliphatic rings. The number of likely N-dealkylation sites (tertiary alicyclic amines) is 1. The summed E-state index contributed by atoms with van der Waals surface area (Å²) in [6.45, 7) is 1.50. The number of carbonyl (C=O) groups excluding carboxylic acids is 1. The van der Waals surface area contributed by atoms with Crippen LogP contribution in [-0.4, -0.2) is 40.6 Å². The molecular weight excluding hydrogens is 266 g/mol. The van der Waals surface area contributed by atoms with E-state index < -0.39 is 0 Å². The SMILES string of the molecule is Nc1ccc(Cl)c(C(=O)N2CCCC(CCO)C2)n1. The fraction of sp³-hybridized carbons (Fsp3) is 0.538. The highest BCUT2D eigenvalue weighted by molar-refractivity contribution is 6.33. The van der Waals surface area contributed by atoms with Crippen molar-refractivity contribution >= 4 is 23.3 Å². The molecule has 5 nitrogen and oxygen atoms in total. The largest absolute Gasteiger partial charge is 0.396 e. The van der Waals surface area contributed by atoms with Gasteiger partial charge in [-0.2, -0.15) is 0 Å². The first-order chi connectivity index (χ1) is 9.11. The number of nitrogen functional groups attached to an aromatic ring is 1. The van der Waals surface area contributed by atoms with Gasteiger partial charge in [-0.25, -0.2) is 4.98 Å². The van der Waals surface area contributed by atoms with Crippen LogP contribution in [0.3, 0.4) is 0 Å². The van der Waals surface area contributed by atoms with Crippen molar-refractivity contribution in [3.8, 4) is 0 Å². The molecule has 0 aromatic carbocycles. The predicted molar refractivity (Wildman–Crippen MR) is 74.0 cm³/mol. The Hall–Kier alpha value is -1.33. The molecule has 1 saturated heterocycles. The molecule has 0 radical (unpaired) electrons. The summed E-state index contributed by atoms with van der Waals surface area (Å²) in [4.78, 5) is 18.2. The van der Waals surface area contributed by atoms with Crippen molar-refractivity contribution in [3.05, 3.63) is 22.8 Å². The summed E-state index contributed by atoms with van der Waals surface area (Å²) in [6, 6.07) is 3.16. The molecule has 1 unspecified atom stereocenters. The standard InChI is InChI=1S/C13H18ClN3O2/c14-10-3-4-11(15)16-12(10)13(19)17-6-1-2-9(8-17)5-7-18/h3-4,9,18H,1-2,5-8H2,(H2,15,16). The highest BCUT2D eigenvalue weighted by Gasteiger charge is 2.26. The first-order valence-electron chi connectivity index (χ1n) is 6.44. The maximum Gasteiger partial charge on any atom is 0.274 e. The number of carbonyl (C=O) groups is 1. The zero-order valence-electron chi connectivity index (χ0n) is 10.7. The second kappa shape index (κ2) is 6.21. The molecule has 0 spiro atoms. The van der Waals surface area contributed by atoms with E-state index in [1.165, 1.54) is 0 Å². The molecular formula is C13H18ClN3O2. The summed E-state index contributed by atoms with van der Waals surface area (Å²) in [5, 5.41) is 9.31. The number of piperidine rings is 1. The number of aliphatic hydroxyl groups excluding tert-OH is 1. The van der Waals surface area contributed by atoms with Crippen LogP contribution in [0.4, 0.5) is 5.82 Å². The second-order valence-corrected chi connectivity index (χ2v) is 5.25. The van der Waals surface area contributed by atoms with Crippen molar-refractivity contribution in [2.24, 2.45) is 5.92 Å². The van der Waals surface area contributed by atoms with E-state index in [-0.39, 0.29) is 24.0 Å². The summed E-state index contributed by atoms with van der Waals surface area (Å²) in [6.07, 6.45) is 2.71. The zero-order chi connectivity index (χ0) is 13.8. The van der Waals surface area contributed by atoms with E-state index >= 15 is 0 Å². The highest BCUT2D eigenvalue weighted by atomic mass is 35.5. The Labute approximate surface area is 117 Å². The van der Waals surface area contributed by atoms with Crippen molar-refractivity contribution in [2.45, 2.75) is 19.3 Å². The maximum atomic E-state index is 12.4. The van der Waals surface area contributed by atoms with Gasteiger partial charge in [-0.1, -0.05) is 11.6 Å². The number of nitrogens with zero attached hydrogens (tertiary/aromatic N) is 2. The number of hydrogen-bond donors (Lipinski definition) is 2. The first-order valence-corrected chi connectivity index (χ1v) is 6.81. The van der Waals surface area contributed by atoms with E-state index in [0.717, 1.165) is 19.3 Å². The summed E-state index contributed by atoms with van der Waals surface area (Å²) < 4.78 is 0. The lowest BCUT2D eigenvalue weighted by molar-refractivity contribution is 0.0648. The minimum atomic E-state index is -0.181. The smallest absolute Gasteiger partial charge is 0.274 e. The Morgan fingerprint density at radius 2 is 2.37 bits per heavy atom. The van der Waals surface area contributed by atoms with Crippen LogP contribution < -0.4 is 5.73 Å². The molecule has 2 rings (SSSR count). The average Bonchev–Trinajstić information content (AvgIpc) is 2.41. The predicted octanol–water partition coefficient (Wildman–Crippen LogP) is 1.55. The molecule has 2 heterocycles. The van der Waals surface area contributed by atoms with Gasteiger partial charge in [0.2, 0.25) is 0 Å². The van der Waals surface area contributed by atoms with Crippen LogP contribution in [0.5, 0.6) is 0 Å². The van der Waals surface area contributed by atoms with Crippen molar-refractivity contribution in [3.63, 3.8) is 0 Å². The Kier molecular flexibility index (Phi) is 4.61. The zero-order valence-corrected chi connectivity index (χ0v) is 11.4. The van der Waals surface area contributed by atoms with Gasteiger partial charge in [-0.05, 0) is 37.3 Å². The molecule has 1 amide bonds. The summed E-state index contributed by atoms with van der Waals surface area (Å²) in [5.74, 6) is 0.458. The van der Waals surface area contributed by atoms with Gasteiger partial charge in [0.15, 0.2) is 0 Å². The van der Waals surface area contributed by atoms with Gasteiger partial charge in [0, 0.05) is 19.7 Å². The van der Waals surface area contributed by atoms with Crippen LogP contribution in [0, 0.1) is 5.92 Å². The van der Waals surface area contributed by atoms with Gasteiger partial charge >= 0.3 is 0 Å². The van der Waals surface area contributed by atoms with Gasteiger partial charge in [0.1, 0.15) is 11.5 Å². The molecule has 104 valence electrons. The molecule has 19 heavy (non-hydrogen) atoms. The Morgan fingerprint density at radius 1 is 1.58 bits per heavy atom. The van der Waals surface area contributed by atoms with Gasteiger partial charge in [0.25, 0.3) is 5.91 Å². The van der Waals surface area contributed by atoms with Crippen molar-refractivity contribution in [1.82, 2.24) is 9.88 Å². The number of aromatic nitrogens is 1. The molecule has 0 aliphatic carbocycles. The van der Waals surface area contributed by atoms with E-state index in [2.05, 4.69) is 4.98 Å². The molecule has 1 atom stereocenters. The van der Waals surface area contributed by atoms with E-state index in [0.29, 0.717) is 24.0 Å². The first kappa shape index (κ1) is 14.1. The summed E-state index contributed by atoms with van der Waals surface area (Å²) in [5.41, 5.74) is 5.81. The lowest BCUT2D eigenvalue weighted by Crippen LogP contribution is -2.40. The lowest BCUT2D eigenvalue weighted by Gasteiger charge is -2.32. The number of aliphatic hydroxyl groups is 1. The van der Waals surface area contributed by atoms with Crippen LogP contribution in [0.25, 0.3) is 0 Å². The third-order valence-corrected chi connectivity index (χ3v) is 3.72.